The second-order valence-electron chi connectivity index (χ2n) is 7.69. The van der Waals surface area contributed by atoms with Crippen LogP contribution in [0.15, 0.2) is 48.9 Å². The largest absolute Gasteiger partial charge is 0.366 e. The van der Waals surface area contributed by atoms with Crippen LogP contribution in [0.1, 0.15) is 46.7 Å². The molecule has 0 saturated carbocycles. The van der Waals surface area contributed by atoms with Gasteiger partial charge in [-0.1, -0.05) is 17.9 Å². The smallest absolute Gasteiger partial charge is 0.256 e. The number of rotatable bonds is 2. The van der Waals surface area contributed by atoms with Crippen LogP contribution in [0.25, 0.3) is 0 Å². The summed E-state index contributed by atoms with van der Waals surface area (Å²) in [5.74, 6) is 7.33. The third-order valence-electron chi connectivity index (χ3n) is 4.75. The number of carbonyl (C=O) groups excluding carboxylic acids is 1. The molecule has 0 atom stereocenters. The van der Waals surface area contributed by atoms with Crippen LogP contribution >= 0.6 is 0 Å². The number of hydrogen-bond donors (Lipinski definition) is 1. The number of ether oxygens (including phenoxy) is 1. The van der Waals surface area contributed by atoms with Crippen molar-refractivity contribution in [3.63, 3.8) is 0 Å². The highest BCUT2D eigenvalue weighted by Crippen LogP contribution is 2.24. The fourth-order valence-electron chi connectivity index (χ4n) is 3.14. The van der Waals surface area contributed by atoms with E-state index in [9.17, 15) is 4.79 Å². The number of aryl methyl sites for hydroxylation is 1. The van der Waals surface area contributed by atoms with Crippen molar-refractivity contribution in [2.75, 3.05) is 5.32 Å². The normalized spacial score (nSPS) is 14.4. The highest BCUT2D eigenvalue weighted by atomic mass is 16.5. The molecule has 0 fully saturated rings. The van der Waals surface area contributed by atoms with E-state index in [1.165, 1.54) is 0 Å². The summed E-state index contributed by atoms with van der Waals surface area (Å²) in [6.45, 7) is 7.18. The van der Waals surface area contributed by atoms with Gasteiger partial charge >= 0.3 is 0 Å². The molecule has 0 aliphatic carbocycles. The number of nitrogens with zero attached hydrogens (tertiary/aromatic N) is 3. The molecule has 29 heavy (non-hydrogen) atoms. The lowest BCUT2D eigenvalue weighted by molar-refractivity contribution is -0.0645. The summed E-state index contributed by atoms with van der Waals surface area (Å²) in [5, 5.41) is 2.88. The zero-order valence-electron chi connectivity index (χ0n) is 16.7. The molecular weight excluding hydrogens is 364 g/mol. The van der Waals surface area contributed by atoms with Gasteiger partial charge in [0, 0.05) is 35.3 Å². The predicted octanol–water partition coefficient (Wildman–Crippen LogP) is 3.55. The van der Waals surface area contributed by atoms with Gasteiger partial charge in [-0.15, -0.1) is 0 Å². The van der Waals surface area contributed by atoms with Gasteiger partial charge in [-0.3, -0.25) is 9.78 Å². The van der Waals surface area contributed by atoms with Crippen molar-refractivity contribution < 1.29 is 9.53 Å². The van der Waals surface area contributed by atoms with Crippen LogP contribution in [0.3, 0.4) is 0 Å². The molecule has 2 aromatic heterocycles. The van der Waals surface area contributed by atoms with E-state index in [1.54, 1.807) is 24.5 Å². The predicted molar refractivity (Wildman–Crippen MR) is 110 cm³/mol. The minimum atomic E-state index is -0.242. The van der Waals surface area contributed by atoms with E-state index in [1.807, 2.05) is 49.7 Å². The Morgan fingerprint density at radius 1 is 1.28 bits per heavy atom. The standard InChI is InChI=1S/C23H22N4O2/c1-16-6-8-19(11-18(16)9-7-17-5-4-10-24-12-17)22(28)26-20-13-27-15-23(2,3)29-14-21(27)25-20/h4-6,8,10-13H,14-15H2,1-3H3,(H,26,28). The fraction of sp³-hybridized carbons (Fsp3) is 0.261. The van der Waals surface area contributed by atoms with Gasteiger partial charge in [0.1, 0.15) is 12.4 Å². The second-order valence-corrected chi connectivity index (χ2v) is 7.69. The second kappa shape index (κ2) is 7.53. The zero-order valence-corrected chi connectivity index (χ0v) is 16.7. The quantitative estimate of drug-likeness (QED) is 0.684. The third-order valence-corrected chi connectivity index (χ3v) is 4.75. The van der Waals surface area contributed by atoms with E-state index < -0.39 is 0 Å². The number of hydrogen-bond acceptors (Lipinski definition) is 4. The third kappa shape index (κ3) is 4.36. The van der Waals surface area contributed by atoms with Gasteiger partial charge in [-0.25, -0.2) is 4.98 Å². The lowest BCUT2D eigenvalue weighted by atomic mass is 10.0. The molecule has 0 bridgehead atoms. The van der Waals surface area contributed by atoms with Crippen LogP contribution in [0.5, 0.6) is 0 Å². The molecule has 3 aromatic rings. The Morgan fingerprint density at radius 3 is 2.93 bits per heavy atom. The lowest BCUT2D eigenvalue weighted by Crippen LogP contribution is -2.35. The Bertz CT molecular complexity index is 1120. The monoisotopic (exact) mass is 386 g/mol. The number of fused-ring (bicyclic) bond motifs is 1. The molecule has 1 aliphatic rings. The van der Waals surface area contributed by atoms with Gasteiger partial charge in [0.2, 0.25) is 0 Å². The van der Waals surface area contributed by atoms with E-state index in [2.05, 4.69) is 27.1 Å². The molecule has 146 valence electrons. The number of imidazole rings is 1. The summed E-state index contributed by atoms with van der Waals surface area (Å²) in [6, 6.07) is 9.24. The molecule has 1 amide bonds. The van der Waals surface area contributed by atoms with E-state index in [0.717, 1.165) is 22.5 Å². The summed E-state index contributed by atoms with van der Waals surface area (Å²) in [6.07, 6.45) is 5.28. The summed E-state index contributed by atoms with van der Waals surface area (Å²) >= 11 is 0. The first-order chi connectivity index (χ1) is 13.9. The van der Waals surface area contributed by atoms with Crippen molar-refractivity contribution in [2.24, 2.45) is 0 Å². The Hall–Kier alpha value is -3.43. The molecule has 1 aromatic carbocycles. The average Bonchev–Trinajstić information content (AvgIpc) is 3.08. The SMILES string of the molecule is Cc1ccc(C(=O)Nc2cn3c(n2)COC(C)(C)C3)cc1C#Cc1cccnc1. The van der Waals surface area contributed by atoms with Crippen LogP contribution in [0, 0.1) is 18.8 Å². The number of anilines is 1. The molecular formula is C23H22N4O2. The maximum Gasteiger partial charge on any atom is 0.256 e. The van der Waals surface area contributed by atoms with Gasteiger partial charge in [0.25, 0.3) is 5.91 Å². The van der Waals surface area contributed by atoms with E-state index in [-0.39, 0.29) is 11.5 Å². The minimum Gasteiger partial charge on any atom is -0.366 e. The topological polar surface area (TPSA) is 69.0 Å². The van der Waals surface area contributed by atoms with Crippen molar-refractivity contribution >= 4 is 11.7 Å². The first kappa shape index (κ1) is 18.9. The van der Waals surface area contributed by atoms with Crippen molar-refractivity contribution in [1.82, 2.24) is 14.5 Å². The molecule has 0 spiro atoms. The van der Waals surface area contributed by atoms with E-state index >= 15 is 0 Å². The molecule has 6 nitrogen and oxygen atoms in total. The Balaban J connectivity index is 1.53. The van der Waals surface area contributed by atoms with Gasteiger partial charge in [-0.05, 0) is 50.6 Å². The number of amides is 1. The van der Waals surface area contributed by atoms with Gasteiger partial charge in [0.05, 0.1) is 12.1 Å². The maximum atomic E-state index is 12.7. The molecule has 0 saturated heterocycles. The van der Waals surface area contributed by atoms with Crippen molar-refractivity contribution in [3.05, 3.63) is 77.0 Å². The van der Waals surface area contributed by atoms with E-state index in [0.29, 0.717) is 24.5 Å². The van der Waals surface area contributed by atoms with Crippen LogP contribution in [0.2, 0.25) is 0 Å². The number of aromatic nitrogens is 3. The molecule has 4 rings (SSSR count). The van der Waals surface area contributed by atoms with Gasteiger partial charge in [-0.2, -0.15) is 0 Å². The lowest BCUT2D eigenvalue weighted by Gasteiger charge is -2.30. The van der Waals surface area contributed by atoms with Crippen molar-refractivity contribution in [3.8, 4) is 11.8 Å². The molecule has 0 radical (unpaired) electrons. The van der Waals surface area contributed by atoms with Crippen LogP contribution in [0.4, 0.5) is 5.82 Å². The first-order valence-corrected chi connectivity index (χ1v) is 9.44. The first-order valence-electron chi connectivity index (χ1n) is 9.44. The summed E-state index contributed by atoms with van der Waals surface area (Å²) < 4.78 is 7.80. The molecule has 6 heteroatoms. The molecule has 1 aliphatic heterocycles. The molecule has 1 N–H and O–H groups in total. The van der Waals surface area contributed by atoms with Crippen LogP contribution in [-0.4, -0.2) is 26.0 Å². The highest BCUT2D eigenvalue weighted by Gasteiger charge is 2.27. The summed E-state index contributed by atoms with van der Waals surface area (Å²) in [5.41, 5.74) is 2.94. The number of carbonyl (C=O) groups is 1. The molecule has 0 unspecified atom stereocenters. The fourth-order valence-corrected chi connectivity index (χ4v) is 3.14. The summed E-state index contributed by atoms with van der Waals surface area (Å²) in [7, 11) is 0. The Kier molecular flexibility index (Phi) is 4.91. The zero-order chi connectivity index (χ0) is 20.4. The number of benzene rings is 1. The maximum absolute atomic E-state index is 12.7. The van der Waals surface area contributed by atoms with Gasteiger partial charge < -0.3 is 14.6 Å². The van der Waals surface area contributed by atoms with Crippen LogP contribution < -0.4 is 5.32 Å². The van der Waals surface area contributed by atoms with Crippen molar-refractivity contribution in [1.29, 1.82) is 0 Å². The van der Waals surface area contributed by atoms with Crippen LogP contribution in [-0.2, 0) is 17.9 Å². The van der Waals surface area contributed by atoms with Crippen molar-refractivity contribution in [2.45, 2.75) is 39.5 Å². The Morgan fingerprint density at radius 2 is 2.14 bits per heavy atom. The van der Waals surface area contributed by atoms with E-state index in [4.69, 9.17) is 4.74 Å². The average molecular weight is 386 g/mol. The minimum absolute atomic E-state index is 0.218. The Labute approximate surface area is 170 Å². The summed E-state index contributed by atoms with van der Waals surface area (Å²) in [4.78, 5) is 21.3. The number of pyridine rings is 1. The highest BCUT2D eigenvalue weighted by molar-refractivity contribution is 6.04. The number of nitrogens with one attached hydrogen (secondary N) is 1. The van der Waals surface area contributed by atoms with Gasteiger partial charge in [0.15, 0.2) is 5.82 Å². The molecule has 3 heterocycles.